The molecule has 2 heterocycles. The molecule has 1 aromatic heterocycles. The van der Waals surface area contributed by atoms with Crippen molar-refractivity contribution in [2.24, 2.45) is 7.05 Å². The molecule has 5 rings (SSSR count). The molecule has 0 saturated heterocycles. The highest BCUT2D eigenvalue weighted by Crippen LogP contribution is 2.38. The fourth-order valence-corrected chi connectivity index (χ4v) is 4.48. The molecule has 1 aliphatic rings. The van der Waals surface area contributed by atoms with E-state index in [0.29, 0.717) is 6.61 Å². The minimum Gasteiger partial charge on any atom is -0.485 e. The summed E-state index contributed by atoms with van der Waals surface area (Å²) in [5.41, 5.74) is 1.27. The van der Waals surface area contributed by atoms with Crippen LogP contribution >= 0.6 is 11.8 Å². The molecule has 0 saturated carbocycles. The molecule has 0 amide bonds. The van der Waals surface area contributed by atoms with E-state index in [2.05, 4.69) is 59.6 Å². The number of benzene rings is 3. The molecule has 4 aromatic rings. The van der Waals surface area contributed by atoms with Crippen LogP contribution in [0.1, 0.15) is 29.7 Å². The van der Waals surface area contributed by atoms with Crippen LogP contribution in [0.2, 0.25) is 0 Å². The number of para-hydroxylation sites is 2. The molecule has 1 aliphatic heterocycles. The Morgan fingerprint density at radius 3 is 2.59 bits per heavy atom. The molecular weight excluding hydrogens is 382 g/mol. The third-order valence-electron chi connectivity index (χ3n) is 5.19. The van der Waals surface area contributed by atoms with Gasteiger partial charge in [-0.05, 0) is 35.4 Å². The maximum absolute atomic E-state index is 6.09. The van der Waals surface area contributed by atoms with Gasteiger partial charge in [0.05, 0.1) is 0 Å². The van der Waals surface area contributed by atoms with E-state index in [9.17, 15) is 0 Å². The Morgan fingerprint density at radius 1 is 0.966 bits per heavy atom. The number of thioether (sulfide) groups is 1. The summed E-state index contributed by atoms with van der Waals surface area (Å²) >= 11 is 1.70. The van der Waals surface area contributed by atoms with Crippen molar-refractivity contribution in [1.82, 2.24) is 14.8 Å². The number of ether oxygens (including phenoxy) is 2. The van der Waals surface area contributed by atoms with E-state index in [1.807, 2.05) is 35.9 Å². The Bertz CT molecular complexity index is 1170. The second kappa shape index (κ2) is 7.44. The molecule has 5 nitrogen and oxygen atoms in total. The standard InChI is InChI=1S/C23H21N3O2S/c1-15(17-12-11-16-7-3-4-8-18(16)13-17)29-23-25-24-22(26(23)2)21-14-27-19-9-5-6-10-20(19)28-21/h3-13,15,21H,14H2,1-2H3. The predicted molar refractivity (Wildman–Crippen MR) is 115 cm³/mol. The van der Waals surface area contributed by atoms with E-state index >= 15 is 0 Å². The predicted octanol–water partition coefficient (Wildman–Crippen LogP) is 5.33. The summed E-state index contributed by atoms with van der Waals surface area (Å²) in [6, 6.07) is 22.7. The van der Waals surface area contributed by atoms with E-state index in [1.165, 1.54) is 16.3 Å². The lowest BCUT2D eigenvalue weighted by molar-refractivity contribution is 0.0825. The van der Waals surface area contributed by atoms with E-state index in [4.69, 9.17) is 9.47 Å². The summed E-state index contributed by atoms with van der Waals surface area (Å²) in [4.78, 5) is 0. The van der Waals surface area contributed by atoms with Gasteiger partial charge in [0.1, 0.15) is 6.61 Å². The van der Waals surface area contributed by atoms with E-state index in [0.717, 1.165) is 22.5 Å². The summed E-state index contributed by atoms with van der Waals surface area (Å²) in [5, 5.41) is 12.4. The van der Waals surface area contributed by atoms with Crippen LogP contribution < -0.4 is 9.47 Å². The molecule has 6 heteroatoms. The molecule has 0 radical (unpaired) electrons. The maximum atomic E-state index is 6.09. The van der Waals surface area contributed by atoms with Crippen LogP contribution in [0.25, 0.3) is 10.8 Å². The molecule has 0 aliphatic carbocycles. The number of fused-ring (bicyclic) bond motifs is 2. The van der Waals surface area contributed by atoms with Crippen LogP contribution in [-0.2, 0) is 7.05 Å². The van der Waals surface area contributed by atoms with Crippen LogP contribution in [0.3, 0.4) is 0 Å². The van der Waals surface area contributed by atoms with Gasteiger partial charge in [-0.3, -0.25) is 0 Å². The van der Waals surface area contributed by atoms with E-state index in [-0.39, 0.29) is 11.4 Å². The highest BCUT2D eigenvalue weighted by molar-refractivity contribution is 7.99. The summed E-state index contributed by atoms with van der Waals surface area (Å²) in [7, 11) is 1.98. The molecule has 2 unspecified atom stereocenters. The van der Waals surface area contributed by atoms with Crippen molar-refractivity contribution in [2.75, 3.05) is 6.61 Å². The fraction of sp³-hybridized carbons (Fsp3) is 0.217. The first kappa shape index (κ1) is 18.1. The average Bonchev–Trinajstić information content (AvgIpc) is 3.13. The second-order valence-electron chi connectivity index (χ2n) is 7.13. The number of aromatic nitrogens is 3. The van der Waals surface area contributed by atoms with Crippen LogP contribution in [0.15, 0.2) is 71.9 Å². The minimum atomic E-state index is -0.271. The highest BCUT2D eigenvalue weighted by Gasteiger charge is 2.28. The third-order valence-corrected chi connectivity index (χ3v) is 6.38. The molecular formula is C23H21N3O2S. The van der Waals surface area contributed by atoms with Crippen LogP contribution in [-0.4, -0.2) is 21.4 Å². The van der Waals surface area contributed by atoms with Gasteiger partial charge < -0.3 is 14.0 Å². The lowest BCUT2D eigenvalue weighted by Crippen LogP contribution is -2.24. The Balaban J connectivity index is 1.35. The van der Waals surface area contributed by atoms with Crippen molar-refractivity contribution < 1.29 is 9.47 Å². The first-order valence-corrected chi connectivity index (χ1v) is 10.5. The molecule has 0 bridgehead atoms. The zero-order chi connectivity index (χ0) is 19.8. The lowest BCUT2D eigenvalue weighted by Gasteiger charge is -2.25. The third kappa shape index (κ3) is 3.44. The van der Waals surface area contributed by atoms with E-state index < -0.39 is 0 Å². The number of rotatable bonds is 4. The van der Waals surface area contributed by atoms with Crippen LogP contribution in [0.4, 0.5) is 0 Å². The average molecular weight is 404 g/mol. The van der Waals surface area contributed by atoms with Crippen molar-refractivity contribution in [3.63, 3.8) is 0 Å². The molecule has 0 spiro atoms. The molecule has 0 fully saturated rings. The molecule has 0 N–H and O–H groups in total. The smallest absolute Gasteiger partial charge is 0.192 e. The van der Waals surface area contributed by atoms with Gasteiger partial charge >= 0.3 is 0 Å². The molecule has 29 heavy (non-hydrogen) atoms. The van der Waals surface area contributed by atoms with Gasteiger partial charge in [0.15, 0.2) is 28.6 Å². The Kier molecular flexibility index (Phi) is 4.64. The number of hydrogen-bond acceptors (Lipinski definition) is 5. The first-order chi connectivity index (χ1) is 14.2. The van der Waals surface area contributed by atoms with Gasteiger partial charge in [-0.2, -0.15) is 0 Å². The lowest BCUT2D eigenvalue weighted by atomic mass is 10.1. The quantitative estimate of drug-likeness (QED) is 0.431. The van der Waals surface area contributed by atoms with Crippen molar-refractivity contribution in [1.29, 1.82) is 0 Å². The van der Waals surface area contributed by atoms with Gasteiger partial charge in [-0.25, -0.2) is 0 Å². The molecule has 146 valence electrons. The molecule has 2 atom stereocenters. The Labute approximate surface area is 173 Å². The van der Waals surface area contributed by atoms with Gasteiger partial charge in [0.2, 0.25) is 0 Å². The second-order valence-corrected chi connectivity index (χ2v) is 8.44. The Morgan fingerprint density at radius 2 is 1.72 bits per heavy atom. The summed E-state index contributed by atoms with van der Waals surface area (Å²) < 4.78 is 13.9. The number of nitrogens with zero attached hydrogens (tertiary/aromatic N) is 3. The minimum absolute atomic E-state index is 0.250. The van der Waals surface area contributed by atoms with Crippen LogP contribution in [0.5, 0.6) is 11.5 Å². The van der Waals surface area contributed by atoms with Crippen molar-refractivity contribution in [3.05, 3.63) is 78.1 Å². The normalized spacial score (nSPS) is 16.7. The zero-order valence-electron chi connectivity index (χ0n) is 16.3. The SMILES string of the molecule is CC(Sc1nnc(C2COc3ccccc3O2)n1C)c1ccc2ccccc2c1. The molecule has 3 aromatic carbocycles. The van der Waals surface area contributed by atoms with Crippen molar-refractivity contribution in [2.45, 2.75) is 23.4 Å². The van der Waals surface area contributed by atoms with Gasteiger partial charge in [-0.15, -0.1) is 10.2 Å². The Hall–Kier alpha value is -2.99. The maximum Gasteiger partial charge on any atom is 0.192 e. The zero-order valence-corrected chi connectivity index (χ0v) is 17.1. The number of hydrogen-bond donors (Lipinski definition) is 0. The van der Waals surface area contributed by atoms with E-state index in [1.54, 1.807) is 11.8 Å². The van der Waals surface area contributed by atoms with Crippen molar-refractivity contribution in [3.8, 4) is 11.5 Å². The summed E-state index contributed by atoms with van der Waals surface area (Å²) in [6.45, 7) is 2.62. The van der Waals surface area contributed by atoms with Gasteiger partial charge in [0.25, 0.3) is 0 Å². The largest absolute Gasteiger partial charge is 0.485 e. The van der Waals surface area contributed by atoms with Gasteiger partial charge in [-0.1, -0.05) is 66.4 Å². The fourth-order valence-electron chi connectivity index (χ4n) is 3.54. The monoisotopic (exact) mass is 403 g/mol. The van der Waals surface area contributed by atoms with Gasteiger partial charge in [0, 0.05) is 12.3 Å². The summed E-state index contributed by atoms with van der Waals surface area (Å²) in [5.74, 6) is 2.28. The topological polar surface area (TPSA) is 49.2 Å². The van der Waals surface area contributed by atoms with Crippen LogP contribution in [0, 0.1) is 0 Å². The highest BCUT2D eigenvalue weighted by atomic mass is 32.2. The van der Waals surface area contributed by atoms with Crippen molar-refractivity contribution >= 4 is 22.5 Å². The first-order valence-electron chi connectivity index (χ1n) is 9.62. The summed E-state index contributed by atoms with van der Waals surface area (Å²) in [6.07, 6.45) is -0.271.